The van der Waals surface area contributed by atoms with Crippen molar-refractivity contribution in [1.82, 2.24) is 0 Å². The minimum Gasteiger partial charge on any atom is -0.466 e. The van der Waals surface area contributed by atoms with E-state index in [2.05, 4.69) is 4.74 Å². The first-order chi connectivity index (χ1) is 5.61. The lowest BCUT2D eigenvalue weighted by Crippen LogP contribution is -2.06. The largest absolute Gasteiger partial charge is 0.466 e. The van der Waals surface area contributed by atoms with Crippen LogP contribution in [0.15, 0.2) is 11.6 Å². The van der Waals surface area contributed by atoms with Crippen LogP contribution in [0, 0.1) is 5.92 Å². The van der Waals surface area contributed by atoms with Crippen LogP contribution in [-0.4, -0.2) is 26.8 Å². The smallest absolute Gasteiger partial charge is 0.330 e. The minimum absolute atomic E-state index is 0.309. The molecule has 0 amide bonds. The third kappa shape index (κ3) is 4.13. The van der Waals surface area contributed by atoms with Crippen molar-refractivity contribution < 1.29 is 14.3 Å². The Hall–Kier alpha value is -0.830. The van der Waals surface area contributed by atoms with E-state index in [1.807, 2.05) is 13.8 Å². The third-order valence-electron chi connectivity index (χ3n) is 1.56. The quantitative estimate of drug-likeness (QED) is 0.475. The van der Waals surface area contributed by atoms with E-state index < -0.39 is 0 Å². The summed E-state index contributed by atoms with van der Waals surface area (Å²) in [5.74, 6) is -0.0141. The number of esters is 1. The monoisotopic (exact) mass is 172 g/mol. The fourth-order valence-electron chi connectivity index (χ4n) is 0.752. The molecule has 0 aromatic rings. The van der Waals surface area contributed by atoms with Gasteiger partial charge in [-0.3, -0.25) is 0 Å². The summed E-state index contributed by atoms with van der Waals surface area (Å²) in [6.07, 6.45) is 1.48. The molecule has 0 spiro atoms. The topological polar surface area (TPSA) is 35.5 Å². The van der Waals surface area contributed by atoms with Gasteiger partial charge in [0.05, 0.1) is 13.7 Å². The first-order valence-electron chi connectivity index (χ1n) is 3.89. The molecule has 0 fully saturated rings. The van der Waals surface area contributed by atoms with Crippen molar-refractivity contribution in [2.45, 2.75) is 13.8 Å². The van der Waals surface area contributed by atoms with Gasteiger partial charge in [0, 0.05) is 13.2 Å². The van der Waals surface area contributed by atoms with Crippen molar-refractivity contribution in [2.75, 3.05) is 20.8 Å². The van der Waals surface area contributed by atoms with Crippen LogP contribution in [0.3, 0.4) is 0 Å². The Kier molecular flexibility index (Phi) is 5.37. The van der Waals surface area contributed by atoms with Gasteiger partial charge in [0.25, 0.3) is 0 Å². The van der Waals surface area contributed by atoms with Crippen LogP contribution in [0.25, 0.3) is 0 Å². The molecule has 0 atom stereocenters. The van der Waals surface area contributed by atoms with Gasteiger partial charge in [-0.2, -0.15) is 0 Å². The number of ether oxygens (including phenoxy) is 2. The first-order valence-corrected chi connectivity index (χ1v) is 3.89. The number of rotatable bonds is 4. The molecule has 0 bridgehead atoms. The average molecular weight is 172 g/mol. The highest BCUT2D eigenvalue weighted by Gasteiger charge is 2.05. The van der Waals surface area contributed by atoms with Crippen LogP contribution in [0.1, 0.15) is 13.8 Å². The fraction of sp³-hybridized carbons (Fsp3) is 0.667. The fourth-order valence-corrected chi connectivity index (χ4v) is 0.752. The second kappa shape index (κ2) is 5.77. The number of hydrogen-bond acceptors (Lipinski definition) is 3. The van der Waals surface area contributed by atoms with Crippen molar-refractivity contribution in [3.8, 4) is 0 Å². The normalized spacial score (nSPS) is 11.9. The van der Waals surface area contributed by atoms with E-state index in [0.717, 1.165) is 5.57 Å². The molecule has 0 saturated heterocycles. The van der Waals surface area contributed by atoms with E-state index in [-0.39, 0.29) is 5.97 Å². The van der Waals surface area contributed by atoms with Crippen molar-refractivity contribution >= 4 is 5.97 Å². The molecule has 3 heteroatoms. The van der Waals surface area contributed by atoms with Crippen LogP contribution >= 0.6 is 0 Å². The Labute approximate surface area is 73.4 Å². The Morgan fingerprint density at radius 1 is 1.42 bits per heavy atom. The summed E-state index contributed by atoms with van der Waals surface area (Å²) >= 11 is 0. The molecule has 0 saturated carbocycles. The zero-order valence-corrected chi connectivity index (χ0v) is 8.09. The van der Waals surface area contributed by atoms with Gasteiger partial charge in [0.2, 0.25) is 0 Å². The molecule has 0 heterocycles. The van der Waals surface area contributed by atoms with E-state index in [0.29, 0.717) is 12.5 Å². The Morgan fingerprint density at radius 3 is 2.33 bits per heavy atom. The second-order valence-corrected chi connectivity index (χ2v) is 2.83. The van der Waals surface area contributed by atoms with Crippen LogP contribution in [0.4, 0.5) is 0 Å². The number of carbonyl (C=O) groups is 1. The maximum absolute atomic E-state index is 10.8. The predicted octanol–water partition coefficient (Wildman–Crippen LogP) is 1.39. The van der Waals surface area contributed by atoms with E-state index >= 15 is 0 Å². The van der Waals surface area contributed by atoms with Gasteiger partial charge in [-0.05, 0) is 11.5 Å². The number of methoxy groups -OCH3 is 2. The highest BCUT2D eigenvalue weighted by Crippen LogP contribution is 2.09. The van der Waals surface area contributed by atoms with Crippen molar-refractivity contribution in [2.24, 2.45) is 5.92 Å². The van der Waals surface area contributed by atoms with E-state index in [4.69, 9.17) is 4.74 Å². The third-order valence-corrected chi connectivity index (χ3v) is 1.56. The summed E-state index contributed by atoms with van der Waals surface area (Å²) in [7, 11) is 2.97. The summed E-state index contributed by atoms with van der Waals surface area (Å²) < 4.78 is 9.44. The van der Waals surface area contributed by atoms with Crippen molar-refractivity contribution in [1.29, 1.82) is 0 Å². The molecule has 0 aromatic carbocycles. The zero-order valence-electron chi connectivity index (χ0n) is 8.09. The highest BCUT2D eigenvalue weighted by atomic mass is 16.5. The summed E-state index contributed by atoms with van der Waals surface area (Å²) in [4.78, 5) is 10.8. The predicted molar refractivity (Wildman–Crippen MR) is 46.8 cm³/mol. The van der Waals surface area contributed by atoms with Crippen LogP contribution in [0.2, 0.25) is 0 Å². The maximum Gasteiger partial charge on any atom is 0.330 e. The molecular formula is C9H16O3. The Morgan fingerprint density at radius 2 is 2.00 bits per heavy atom. The Bertz CT molecular complexity index is 171. The number of hydrogen-bond donors (Lipinski definition) is 0. The summed E-state index contributed by atoms with van der Waals surface area (Å²) in [6.45, 7) is 4.49. The lowest BCUT2D eigenvalue weighted by atomic mass is 10.0. The molecule has 12 heavy (non-hydrogen) atoms. The second-order valence-electron chi connectivity index (χ2n) is 2.83. The summed E-state index contributed by atoms with van der Waals surface area (Å²) in [5, 5.41) is 0. The average Bonchev–Trinajstić information content (AvgIpc) is 2.03. The SMILES string of the molecule is COCC(=CC(=O)OC)C(C)C. The number of carbonyl (C=O) groups excluding carboxylic acids is 1. The lowest BCUT2D eigenvalue weighted by molar-refractivity contribution is -0.134. The van der Waals surface area contributed by atoms with E-state index in [9.17, 15) is 4.79 Å². The molecular weight excluding hydrogens is 156 g/mol. The van der Waals surface area contributed by atoms with Crippen molar-refractivity contribution in [3.05, 3.63) is 11.6 Å². The molecule has 3 nitrogen and oxygen atoms in total. The van der Waals surface area contributed by atoms with E-state index in [1.54, 1.807) is 7.11 Å². The molecule has 0 N–H and O–H groups in total. The molecule has 70 valence electrons. The van der Waals surface area contributed by atoms with Gasteiger partial charge >= 0.3 is 5.97 Å². The molecule has 0 aromatic heterocycles. The standard InChI is InChI=1S/C9H16O3/c1-7(2)8(6-11-3)5-9(10)12-4/h5,7H,6H2,1-4H3. The molecule has 0 aliphatic heterocycles. The van der Waals surface area contributed by atoms with Crippen LogP contribution in [-0.2, 0) is 14.3 Å². The lowest BCUT2D eigenvalue weighted by Gasteiger charge is -2.08. The first kappa shape index (κ1) is 11.2. The molecule has 0 unspecified atom stereocenters. The van der Waals surface area contributed by atoms with Gasteiger partial charge in [-0.1, -0.05) is 13.8 Å². The van der Waals surface area contributed by atoms with Gasteiger partial charge in [0.1, 0.15) is 0 Å². The van der Waals surface area contributed by atoms with E-state index in [1.165, 1.54) is 13.2 Å². The highest BCUT2D eigenvalue weighted by molar-refractivity contribution is 5.82. The van der Waals surface area contributed by atoms with Gasteiger partial charge in [-0.15, -0.1) is 0 Å². The van der Waals surface area contributed by atoms with Gasteiger partial charge in [0.15, 0.2) is 0 Å². The van der Waals surface area contributed by atoms with Crippen LogP contribution in [0.5, 0.6) is 0 Å². The van der Waals surface area contributed by atoms with Crippen LogP contribution < -0.4 is 0 Å². The zero-order chi connectivity index (χ0) is 9.56. The molecule has 0 rings (SSSR count). The van der Waals surface area contributed by atoms with Gasteiger partial charge in [-0.25, -0.2) is 4.79 Å². The molecule has 0 aliphatic carbocycles. The molecule has 0 aliphatic rings. The van der Waals surface area contributed by atoms with Crippen molar-refractivity contribution in [3.63, 3.8) is 0 Å². The molecule has 0 radical (unpaired) electrons. The summed E-state index contributed by atoms with van der Waals surface area (Å²) in [6, 6.07) is 0. The summed E-state index contributed by atoms with van der Waals surface area (Å²) in [5.41, 5.74) is 0.948. The minimum atomic E-state index is -0.323. The Balaban J connectivity index is 4.27. The maximum atomic E-state index is 10.8. The van der Waals surface area contributed by atoms with Gasteiger partial charge < -0.3 is 9.47 Å².